The van der Waals surface area contributed by atoms with E-state index in [1.165, 1.54) is 0 Å². The van der Waals surface area contributed by atoms with E-state index in [-0.39, 0.29) is 5.78 Å². The Hall–Kier alpha value is -2.29. The van der Waals surface area contributed by atoms with Crippen LogP contribution in [0.4, 0.5) is 0 Å². The fourth-order valence-corrected chi connectivity index (χ4v) is 3.19. The first-order valence-corrected chi connectivity index (χ1v) is 7.80. The fourth-order valence-electron chi connectivity index (χ4n) is 2.70. The normalized spacial score (nSPS) is 11.2. The highest BCUT2D eigenvalue weighted by atomic mass is 35.5. The zero-order chi connectivity index (χ0) is 16.0. The topological polar surface area (TPSA) is 30.2 Å². The van der Waals surface area contributed by atoms with Gasteiger partial charge in [-0.25, -0.2) is 0 Å². The number of rotatable bonds is 2. The predicted octanol–water partition coefficient (Wildman–Crippen LogP) is 6.12. The summed E-state index contributed by atoms with van der Waals surface area (Å²) in [6.07, 6.45) is 0. The molecule has 0 radical (unpaired) electrons. The van der Waals surface area contributed by atoms with Gasteiger partial charge in [0.25, 0.3) is 0 Å². The second kappa shape index (κ2) is 5.41. The predicted molar refractivity (Wildman–Crippen MR) is 93.6 cm³/mol. The van der Waals surface area contributed by atoms with Crippen molar-refractivity contribution in [3.05, 3.63) is 81.8 Å². The molecule has 0 bridgehead atoms. The number of carbonyl (C=O) groups excluding carboxylic acids is 1. The zero-order valence-corrected chi connectivity index (χ0v) is 13.4. The Morgan fingerprint density at radius 1 is 0.826 bits per heavy atom. The van der Waals surface area contributed by atoms with Gasteiger partial charge >= 0.3 is 0 Å². The van der Waals surface area contributed by atoms with E-state index in [0.717, 1.165) is 21.9 Å². The molecule has 0 unspecified atom stereocenters. The van der Waals surface area contributed by atoms with Crippen molar-refractivity contribution in [2.75, 3.05) is 0 Å². The number of halogens is 2. The molecule has 0 saturated carbocycles. The molecule has 2 nitrogen and oxygen atoms in total. The maximum absolute atomic E-state index is 12.7. The van der Waals surface area contributed by atoms with Gasteiger partial charge in [0, 0.05) is 26.9 Å². The van der Waals surface area contributed by atoms with Crippen molar-refractivity contribution in [1.82, 2.24) is 0 Å². The Morgan fingerprint density at radius 3 is 2.43 bits per heavy atom. The third-order valence-electron chi connectivity index (χ3n) is 3.81. The molecular weight excluding hydrogens is 331 g/mol. The van der Waals surface area contributed by atoms with Crippen molar-refractivity contribution in [1.29, 1.82) is 0 Å². The molecule has 0 N–H and O–H groups in total. The van der Waals surface area contributed by atoms with E-state index in [4.69, 9.17) is 27.6 Å². The summed E-state index contributed by atoms with van der Waals surface area (Å²) in [6, 6.07) is 18.0. The summed E-state index contributed by atoms with van der Waals surface area (Å²) >= 11 is 12.0. The fraction of sp³-hybridized carbons (Fsp3) is 0. The number of furan rings is 1. The van der Waals surface area contributed by atoms with E-state index in [0.29, 0.717) is 21.2 Å². The van der Waals surface area contributed by atoms with Crippen LogP contribution in [0.2, 0.25) is 10.0 Å². The minimum atomic E-state index is -0.140. The molecule has 4 aromatic rings. The molecule has 0 spiro atoms. The number of hydrogen-bond donors (Lipinski definition) is 0. The highest BCUT2D eigenvalue weighted by Crippen LogP contribution is 2.30. The van der Waals surface area contributed by atoms with Gasteiger partial charge in [0.1, 0.15) is 11.2 Å². The first-order valence-electron chi connectivity index (χ1n) is 7.04. The van der Waals surface area contributed by atoms with E-state index in [1.54, 1.807) is 24.3 Å². The monoisotopic (exact) mass is 340 g/mol. The third kappa shape index (κ3) is 2.40. The van der Waals surface area contributed by atoms with Crippen LogP contribution in [0.3, 0.4) is 0 Å². The lowest BCUT2D eigenvalue weighted by molar-refractivity contribution is 0.103. The number of fused-ring (bicyclic) bond motifs is 3. The van der Waals surface area contributed by atoms with Crippen LogP contribution in [0.15, 0.2) is 65.1 Å². The molecule has 1 heterocycles. The van der Waals surface area contributed by atoms with Gasteiger partial charge in [0.15, 0.2) is 5.78 Å². The van der Waals surface area contributed by atoms with Crippen LogP contribution in [0, 0.1) is 0 Å². The largest absolute Gasteiger partial charge is 0.456 e. The summed E-state index contributed by atoms with van der Waals surface area (Å²) in [5.41, 5.74) is 2.55. The molecule has 4 heteroatoms. The SMILES string of the molecule is O=C(c1ccc2oc3ccccc3c2c1)c1ccc(Cl)cc1Cl. The van der Waals surface area contributed by atoms with Crippen LogP contribution in [-0.2, 0) is 0 Å². The summed E-state index contributed by atoms with van der Waals surface area (Å²) in [4.78, 5) is 12.7. The molecule has 0 atom stereocenters. The zero-order valence-electron chi connectivity index (χ0n) is 11.8. The first-order chi connectivity index (χ1) is 11.1. The summed E-state index contributed by atoms with van der Waals surface area (Å²) in [5, 5.41) is 2.75. The maximum atomic E-state index is 12.7. The van der Waals surface area contributed by atoms with Crippen molar-refractivity contribution in [2.24, 2.45) is 0 Å². The smallest absolute Gasteiger partial charge is 0.194 e. The number of benzene rings is 3. The molecule has 112 valence electrons. The van der Waals surface area contributed by atoms with Gasteiger partial charge in [0.05, 0.1) is 5.02 Å². The van der Waals surface area contributed by atoms with E-state index in [2.05, 4.69) is 0 Å². The van der Waals surface area contributed by atoms with Crippen molar-refractivity contribution >= 4 is 50.9 Å². The number of ketones is 1. The number of para-hydroxylation sites is 1. The Morgan fingerprint density at radius 2 is 1.61 bits per heavy atom. The Balaban J connectivity index is 1.88. The van der Waals surface area contributed by atoms with Crippen LogP contribution in [0.25, 0.3) is 21.9 Å². The maximum Gasteiger partial charge on any atom is 0.194 e. The molecule has 0 aliphatic heterocycles. The third-order valence-corrected chi connectivity index (χ3v) is 4.36. The molecule has 23 heavy (non-hydrogen) atoms. The van der Waals surface area contributed by atoms with Crippen LogP contribution >= 0.6 is 23.2 Å². The highest BCUT2D eigenvalue weighted by Gasteiger charge is 2.15. The standard InChI is InChI=1S/C19H10Cl2O2/c20-12-6-7-14(16(21)10-12)19(22)11-5-8-18-15(9-11)13-3-1-2-4-17(13)23-18/h1-10H. The van der Waals surface area contributed by atoms with E-state index in [1.807, 2.05) is 36.4 Å². The van der Waals surface area contributed by atoms with Gasteiger partial charge < -0.3 is 4.42 Å². The minimum absolute atomic E-state index is 0.140. The van der Waals surface area contributed by atoms with Crippen LogP contribution in [0.1, 0.15) is 15.9 Å². The number of hydrogen-bond acceptors (Lipinski definition) is 2. The Bertz CT molecular complexity index is 1060. The van der Waals surface area contributed by atoms with Gasteiger partial charge in [-0.2, -0.15) is 0 Å². The van der Waals surface area contributed by atoms with Crippen LogP contribution in [-0.4, -0.2) is 5.78 Å². The van der Waals surface area contributed by atoms with Gasteiger partial charge in [0.2, 0.25) is 0 Å². The van der Waals surface area contributed by atoms with Crippen molar-refractivity contribution < 1.29 is 9.21 Å². The molecule has 0 saturated heterocycles. The average Bonchev–Trinajstić information content (AvgIpc) is 2.92. The lowest BCUT2D eigenvalue weighted by Gasteiger charge is -2.04. The van der Waals surface area contributed by atoms with E-state index >= 15 is 0 Å². The lowest BCUT2D eigenvalue weighted by Crippen LogP contribution is -2.01. The summed E-state index contributed by atoms with van der Waals surface area (Å²) < 4.78 is 5.78. The summed E-state index contributed by atoms with van der Waals surface area (Å²) in [6.45, 7) is 0. The Labute approximate surface area is 142 Å². The summed E-state index contributed by atoms with van der Waals surface area (Å²) in [7, 11) is 0. The minimum Gasteiger partial charge on any atom is -0.456 e. The first kappa shape index (κ1) is 14.3. The van der Waals surface area contributed by atoms with E-state index in [9.17, 15) is 4.79 Å². The molecule has 0 fully saturated rings. The van der Waals surface area contributed by atoms with Gasteiger partial charge in [-0.1, -0.05) is 41.4 Å². The van der Waals surface area contributed by atoms with Gasteiger partial charge in [-0.15, -0.1) is 0 Å². The van der Waals surface area contributed by atoms with Crippen LogP contribution in [0.5, 0.6) is 0 Å². The molecule has 0 amide bonds. The molecule has 0 aliphatic rings. The quantitative estimate of drug-likeness (QED) is 0.411. The van der Waals surface area contributed by atoms with Gasteiger partial charge in [-0.05, 0) is 42.5 Å². The average molecular weight is 341 g/mol. The molecule has 3 aromatic carbocycles. The Kier molecular flexibility index (Phi) is 3.37. The van der Waals surface area contributed by atoms with Crippen molar-refractivity contribution in [3.63, 3.8) is 0 Å². The van der Waals surface area contributed by atoms with Crippen molar-refractivity contribution in [3.8, 4) is 0 Å². The molecule has 1 aromatic heterocycles. The highest BCUT2D eigenvalue weighted by molar-refractivity contribution is 6.37. The second-order valence-electron chi connectivity index (χ2n) is 5.26. The summed E-state index contributed by atoms with van der Waals surface area (Å²) in [5.74, 6) is -0.140. The van der Waals surface area contributed by atoms with Crippen molar-refractivity contribution in [2.45, 2.75) is 0 Å². The molecule has 4 rings (SSSR count). The second-order valence-corrected chi connectivity index (χ2v) is 6.11. The van der Waals surface area contributed by atoms with Crippen LogP contribution < -0.4 is 0 Å². The lowest BCUT2D eigenvalue weighted by atomic mass is 10.0. The molecular formula is C19H10Cl2O2. The van der Waals surface area contributed by atoms with Gasteiger partial charge in [-0.3, -0.25) is 4.79 Å². The molecule has 0 aliphatic carbocycles. The number of carbonyl (C=O) groups is 1. The van der Waals surface area contributed by atoms with E-state index < -0.39 is 0 Å².